The number of amidine groups is 2. The van der Waals surface area contributed by atoms with E-state index in [1.807, 2.05) is 49.4 Å². The number of thioether (sulfide) groups is 1. The van der Waals surface area contributed by atoms with Gasteiger partial charge in [-0.1, -0.05) is 54.9 Å². The maximum Gasteiger partial charge on any atom is 0.283 e. The van der Waals surface area contributed by atoms with Gasteiger partial charge in [-0.05, 0) is 55.3 Å². The number of carbonyl (C=O) groups excluding carboxylic acids is 1. The Morgan fingerprint density at radius 2 is 1.91 bits per heavy atom. The topological polar surface area (TPSA) is 73.8 Å². The van der Waals surface area contributed by atoms with Crippen LogP contribution in [-0.2, 0) is 11.3 Å². The standard InChI is InChI=1S/C25H22ClN5OS/c1-3-8-22-29-31-23(27)19(24(32)28-25(31)33-22)13-18-15(2)30(21-12-7-5-10-17(18)21)14-16-9-4-6-11-20(16)26/h4-7,9-13,27H,3,8,14H2,1-2H3/b19-13-,27-23?. The number of aromatic nitrogens is 1. The van der Waals surface area contributed by atoms with Gasteiger partial charge in [-0.15, -0.1) is 0 Å². The number of hydrazone groups is 1. The number of nitrogens with zero attached hydrogens (tertiary/aromatic N) is 4. The fourth-order valence-corrected chi connectivity index (χ4v) is 5.31. The molecule has 33 heavy (non-hydrogen) atoms. The third-order valence-corrected chi connectivity index (χ3v) is 7.15. The summed E-state index contributed by atoms with van der Waals surface area (Å²) in [5, 5.41) is 17.7. The molecule has 0 aliphatic carbocycles. The number of rotatable bonds is 5. The molecule has 0 saturated carbocycles. The van der Waals surface area contributed by atoms with Crippen LogP contribution in [0.25, 0.3) is 17.0 Å². The lowest BCUT2D eigenvalue weighted by atomic mass is 10.1. The van der Waals surface area contributed by atoms with Crippen molar-refractivity contribution < 1.29 is 4.79 Å². The number of hydrogen-bond acceptors (Lipinski definition) is 4. The van der Waals surface area contributed by atoms with E-state index in [0.717, 1.165) is 45.6 Å². The maximum absolute atomic E-state index is 12.9. The van der Waals surface area contributed by atoms with E-state index in [2.05, 4.69) is 27.7 Å². The average Bonchev–Trinajstić information content (AvgIpc) is 3.32. The number of amides is 1. The van der Waals surface area contributed by atoms with Crippen LogP contribution < -0.4 is 0 Å². The molecule has 0 unspecified atom stereocenters. The minimum absolute atomic E-state index is 0.0611. The fourth-order valence-electron chi connectivity index (χ4n) is 4.13. The van der Waals surface area contributed by atoms with Gasteiger partial charge in [0, 0.05) is 33.7 Å². The molecule has 3 heterocycles. The average molecular weight is 476 g/mol. The molecule has 166 valence electrons. The Hall–Kier alpha value is -3.16. The van der Waals surface area contributed by atoms with Crippen LogP contribution in [-0.4, -0.2) is 31.5 Å². The summed E-state index contributed by atoms with van der Waals surface area (Å²) in [6, 6.07) is 15.9. The SMILES string of the molecule is CCCC1=NN2C(=N)/C(=C/c3c(C)n(Cc4ccccc4Cl)c4ccccc34)C(=O)N=C2S1. The molecule has 6 nitrogen and oxygen atoms in total. The van der Waals surface area contributed by atoms with Crippen molar-refractivity contribution >= 4 is 62.3 Å². The van der Waals surface area contributed by atoms with Gasteiger partial charge in [0.2, 0.25) is 5.17 Å². The first-order valence-corrected chi connectivity index (χ1v) is 12.0. The molecule has 2 aromatic carbocycles. The van der Waals surface area contributed by atoms with Crippen LogP contribution in [0.1, 0.15) is 36.6 Å². The first-order chi connectivity index (χ1) is 16.0. The first kappa shape index (κ1) is 21.7. The summed E-state index contributed by atoms with van der Waals surface area (Å²) in [5.74, 6) is -0.347. The highest BCUT2D eigenvalue weighted by Gasteiger charge is 2.35. The predicted octanol–water partition coefficient (Wildman–Crippen LogP) is 6.07. The second-order valence-electron chi connectivity index (χ2n) is 7.96. The van der Waals surface area contributed by atoms with Gasteiger partial charge >= 0.3 is 0 Å². The number of benzene rings is 2. The van der Waals surface area contributed by atoms with E-state index in [1.54, 1.807) is 6.08 Å². The van der Waals surface area contributed by atoms with Crippen molar-refractivity contribution in [3.05, 3.63) is 75.9 Å². The van der Waals surface area contributed by atoms with Crippen molar-refractivity contribution in [2.24, 2.45) is 10.1 Å². The molecule has 0 bridgehead atoms. The number of fused-ring (bicyclic) bond motifs is 2. The number of hydrogen-bond donors (Lipinski definition) is 1. The van der Waals surface area contributed by atoms with Crippen molar-refractivity contribution in [1.29, 1.82) is 5.41 Å². The zero-order valence-corrected chi connectivity index (χ0v) is 19.9. The lowest BCUT2D eigenvalue weighted by Crippen LogP contribution is -2.35. The molecule has 1 amide bonds. The lowest BCUT2D eigenvalue weighted by Gasteiger charge is -2.20. The molecule has 8 heteroatoms. The summed E-state index contributed by atoms with van der Waals surface area (Å²) in [6.45, 7) is 4.71. The summed E-state index contributed by atoms with van der Waals surface area (Å²) in [4.78, 5) is 17.1. The molecule has 0 atom stereocenters. The van der Waals surface area contributed by atoms with Crippen molar-refractivity contribution in [1.82, 2.24) is 9.58 Å². The van der Waals surface area contributed by atoms with Gasteiger partial charge < -0.3 is 4.57 Å². The third kappa shape index (κ3) is 3.81. The lowest BCUT2D eigenvalue weighted by molar-refractivity contribution is -0.114. The number of nitrogens with one attached hydrogen (secondary N) is 1. The van der Waals surface area contributed by atoms with Gasteiger partial charge in [0.15, 0.2) is 5.84 Å². The molecule has 0 fully saturated rings. The molecule has 2 aliphatic heterocycles. The molecule has 1 aromatic heterocycles. The van der Waals surface area contributed by atoms with Crippen LogP contribution in [0.2, 0.25) is 5.02 Å². The number of aliphatic imine (C=N–C) groups is 1. The van der Waals surface area contributed by atoms with Gasteiger partial charge in [-0.3, -0.25) is 10.2 Å². The molecule has 0 spiro atoms. The van der Waals surface area contributed by atoms with Gasteiger partial charge in [-0.25, -0.2) is 0 Å². The summed E-state index contributed by atoms with van der Waals surface area (Å²) in [7, 11) is 0. The third-order valence-electron chi connectivity index (χ3n) is 5.81. The zero-order valence-electron chi connectivity index (χ0n) is 18.3. The number of halogens is 1. The van der Waals surface area contributed by atoms with E-state index >= 15 is 0 Å². The van der Waals surface area contributed by atoms with Crippen LogP contribution in [0.15, 0.2) is 64.2 Å². The van der Waals surface area contributed by atoms with E-state index in [1.165, 1.54) is 16.8 Å². The van der Waals surface area contributed by atoms with E-state index in [-0.39, 0.29) is 11.4 Å². The van der Waals surface area contributed by atoms with Gasteiger partial charge in [0.25, 0.3) is 5.91 Å². The Labute approximate surface area is 201 Å². The quantitative estimate of drug-likeness (QED) is 0.455. The van der Waals surface area contributed by atoms with E-state index in [0.29, 0.717) is 16.7 Å². The van der Waals surface area contributed by atoms with Crippen LogP contribution in [0, 0.1) is 12.3 Å². The second kappa shape index (κ2) is 8.65. The highest BCUT2D eigenvalue weighted by atomic mass is 35.5. The van der Waals surface area contributed by atoms with E-state index in [9.17, 15) is 4.79 Å². The zero-order chi connectivity index (χ0) is 23.1. The van der Waals surface area contributed by atoms with E-state index < -0.39 is 5.91 Å². The number of carbonyl (C=O) groups is 1. The largest absolute Gasteiger partial charge is 0.340 e. The van der Waals surface area contributed by atoms with Crippen molar-refractivity contribution in [3.63, 3.8) is 0 Å². The number of para-hydroxylation sites is 1. The van der Waals surface area contributed by atoms with Crippen molar-refractivity contribution in [2.45, 2.75) is 33.2 Å². The molecule has 0 radical (unpaired) electrons. The summed E-state index contributed by atoms with van der Waals surface area (Å²) >= 11 is 7.80. The Bertz CT molecular complexity index is 1400. The molecular formula is C25H22ClN5OS. The van der Waals surface area contributed by atoms with E-state index in [4.69, 9.17) is 17.0 Å². The van der Waals surface area contributed by atoms with Gasteiger partial charge in [0.1, 0.15) is 5.04 Å². The molecule has 0 saturated heterocycles. The Balaban J connectivity index is 1.60. The molecule has 2 aliphatic rings. The Kier molecular flexibility index (Phi) is 5.68. The summed E-state index contributed by atoms with van der Waals surface area (Å²) < 4.78 is 2.19. The Morgan fingerprint density at radius 3 is 2.70 bits per heavy atom. The summed E-state index contributed by atoms with van der Waals surface area (Å²) in [6.07, 6.45) is 3.53. The van der Waals surface area contributed by atoms with Crippen LogP contribution >= 0.6 is 23.4 Å². The monoisotopic (exact) mass is 475 g/mol. The minimum atomic E-state index is -0.408. The fraction of sp³-hybridized carbons (Fsp3) is 0.200. The van der Waals surface area contributed by atoms with Gasteiger partial charge in [0.05, 0.1) is 5.57 Å². The normalized spacial score (nSPS) is 17.1. The maximum atomic E-state index is 12.9. The van der Waals surface area contributed by atoms with Crippen molar-refractivity contribution in [2.75, 3.05) is 0 Å². The smallest absolute Gasteiger partial charge is 0.283 e. The molecule has 3 aromatic rings. The molecule has 5 rings (SSSR count). The Morgan fingerprint density at radius 1 is 1.15 bits per heavy atom. The second-order valence-corrected chi connectivity index (χ2v) is 9.41. The minimum Gasteiger partial charge on any atom is -0.340 e. The molecular weight excluding hydrogens is 454 g/mol. The van der Waals surface area contributed by atoms with Crippen molar-refractivity contribution in [3.8, 4) is 0 Å². The summed E-state index contributed by atoms with van der Waals surface area (Å²) in [5.41, 5.74) is 4.19. The van der Waals surface area contributed by atoms with Crippen LogP contribution in [0.5, 0.6) is 0 Å². The first-order valence-electron chi connectivity index (χ1n) is 10.8. The highest BCUT2D eigenvalue weighted by molar-refractivity contribution is 8.26. The van der Waals surface area contributed by atoms with Crippen LogP contribution in [0.3, 0.4) is 0 Å². The molecule has 1 N–H and O–H groups in total. The predicted molar refractivity (Wildman–Crippen MR) is 137 cm³/mol. The van der Waals surface area contributed by atoms with Gasteiger partial charge in [-0.2, -0.15) is 15.1 Å². The van der Waals surface area contributed by atoms with Crippen LogP contribution in [0.4, 0.5) is 0 Å². The highest BCUT2D eigenvalue weighted by Crippen LogP contribution is 2.33.